The molecule has 100 valence electrons. The van der Waals surface area contributed by atoms with Gasteiger partial charge in [0.25, 0.3) is 0 Å². The third-order valence-electron chi connectivity index (χ3n) is 2.80. The second-order valence-electron chi connectivity index (χ2n) is 4.34. The second-order valence-corrected chi connectivity index (χ2v) is 5.83. The Bertz CT molecular complexity index is 510. The topological polar surface area (TPSA) is 12.0 Å². The lowest BCUT2D eigenvalue weighted by Crippen LogP contribution is -2.11. The molecular formula is C16H18ClNS. The van der Waals surface area contributed by atoms with Crippen molar-refractivity contribution in [2.24, 2.45) is 0 Å². The van der Waals surface area contributed by atoms with E-state index < -0.39 is 0 Å². The monoisotopic (exact) mass is 291 g/mol. The largest absolute Gasteiger partial charge is 0.313 e. The lowest BCUT2D eigenvalue weighted by Gasteiger charge is -2.06. The molecule has 0 radical (unpaired) electrons. The molecule has 0 aromatic heterocycles. The summed E-state index contributed by atoms with van der Waals surface area (Å²) in [4.78, 5) is 1.31. The Labute approximate surface area is 124 Å². The molecule has 0 atom stereocenters. The number of rotatable bonds is 6. The fourth-order valence-electron chi connectivity index (χ4n) is 1.76. The predicted molar refractivity (Wildman–Crippen MR) is 84.8 cm³/mol. The minimum absolute atomic E-state index is 0.793. The summed E-state index contributed by atoms with van der Waals surface area (Å²) in [6.45, 7) is 4.06. The molecule has 0 saturated heterocycles. The van der Waals surface area contributed by atoms with Gasteiger partial charge < -0.3 is 5.32 Å². The molecule has 0 fully saturated rings. The summed E-state index contributed by atoms with van der Waals surface area (Å²) in [5, 5.41) is 4.14. The number of nitrogens with one attached hydrogen (secondary N) is 1. The van der Waals surface area contributed by atoms with Crippen molar-refractivity contribution in [2.75, 3.05) is 6.54 Å². The fourth-order valence-corrected chi connectivity index (χ4v) is 2.82. The van der Waals surface area contributed by atoms with E-state index in [1.165, 1.54) is 16.0 Å². The summed E-state index contributed by atoms with van der Waals surface area (Å²) in [6, 6.07) is 16.7. The van der Waals surface area contributed by atoms with Crippen LogP contribution in [0.25, 0.3) is 0 Å². The molecule has 0 amide bonds. The molecule has 0 aliphatic rings. The molecule has 3 heteroatoms. The van der Waals surface area contributed by atoms with Gasteiger partial charge in [0.1, 0.15) is 0 Å². The zero-order valence-corrected chi connectivity index (χ0v) is 12.6. The van der Waals surface area contributed by atoms with E-state index in [1.807, 2.05) is 23.9 Å². The summed E-state index contributed by atoms with van der Waals surface area (Å²) in [5.74, 6) is 0.974. The average molecular weight is 292 g/mol. The van der Waals surface area contributed by atoms with Crippen LogP contribution in [0.1, 0.15) is 18.1 Å². The van der Waals surface area contributed by atoms with Crippen LogP contribution in [0, 0.1) is 0 Å². The third kappa shape index (κ3) is 4.90. The van der Waals surface area contributed by atoms with Gasteiger partial charge in [-0.2, -0.15) is 0 Å². The van der Waals surface area contributed by atoms with Crippen LogP contribution in [0.5, 0.6) is 0 Å². The number of benzene rings is 2. The maximum atomic E-state index is 5.88. The maximum absolute atomic E-state index is 5.88. The normalized spacial score (nSPS) is 10.6. The van der Waals surface area contributed by atoms with Crippen LogP contribution in [-0.2, 0) is 12.3 Å². The van der Waals surface area contributed by atoms with E-state index in [0.717, 1.165) is 23.9 Å². The van der Waals surface area contributed by atoms with E-state index in [1.54, 1.807) is 0 Å². The molecule has 0 aliphatic heterocycles. The zero-order valence-electron chi connectivity index (χ0n) is 11.0. The van der Waals surface area contributed by atoms with Gasteiger partial charge >= 0.3 is 0 Å². The van der Waals surface area contributed by atoms with Crippen molar-refractivity contribution in [2.45, 2.75) is 24.1 Å². The Hall–Kier alpha value is -0.960. The first kappa shape index (κ1) is 14.4. The lowest BCUT2D eigenvalue weighted by molar-refractivity contribution is 0.725. The SMILES string of the molecule is CCNCc1cccc(SCc2ccc(Cl)cc2)c1. The molecule has 2 aromatic carbocycles. The van der Waals surface area contributed by atoms with Crippen LogP contribution in [0.15, 0.2) is 53.4 Å². The maximum Gasteiger partial charge on any atom is 0.0406 e. The van der Waals surface area contributed by atoms with Gasteiger partial charge in [0, 0.05) is 22.2 Å². The van der Waals surface area contributed by atoms with E-state index in [-0.39, 0.29) is 0 Å². The Morgan fingerprint density at radius 3 is 2.58 bits per heavy atom. The van der Waals surface area contributed by atoms with Crippen LogP contribution in [0.3, 0.4) is 0 Å². The van der Waals surface area contributed by atoms with Crippen LogP contribution >= 0.6 is 23.4 Å². The first-order valence-electron chi connectivity index (χ1n) is 6.45. The van der Waals surface area contributed by atoms with Crippen molar-refractivity contribution in [3.8, 4) is 0 Å². The van der Waals surface area contributed by atoms with E-state index in [2.05, 4.69) is 48.6 Å². The highest BCUT2D eigenvalue weighted by Gasteiger charge is 1.99. The standard InChI is InChI=1S/C16H18ClNS/c1-2-18-11-14-4-3-5-16(10-14)19-12-13-6-8-15(17)9-7-13/h3-10,18H,2,11-12H2,1H3. The van der Waals surface area contributed by atoms with E-state index >= 15 is 0 Å². The minimum atomic E-state index is 0.793. The van der Waals surface area contributed by atoms with Crippen molar-refractivity contribution in [3.05, 3.63) is 64.7 Å². The number of halogens is 1. The van der Waals surface area contributed by atoms with Crippen LogP contribution in [-0.4, -0.2) is 6.54 Å². The summed E-state index contributed by atoms with van der Waals surface area (Å²) < 4.78 is 0. The minimum Gasteiger partial charge on any atom is -0.313 e. The van der Waals surface area contributed by atoms with E-state index in [0.29, 0.717) is 0 Å². The van der Waals surface area contributed by atoms with Crippen molar-refractivity contribution in [3.63, 3.8) is 0 Å². The van der Waals surface area contributed by atoms with Gasteiger partial charge in [-0.15, -0.1) is 11.8 Å². The van der Waals surface area contributed by atoms with Gasteiger partial charge in [0.2, 0.25) is 0 Å². The number of hydrogen-bond acceptors (Lipinski definition) is 2. The van der Waals surface area contributed by atoms with Gasteiger partial charge in [0.15, 0.2) is 0 Å². The molecule has 0 aliphatic carbocycles. The molecule has 2 rings (SSSR count). The second kappa shape index (κ2) is 7.59. The Kier molecular flexibility index (Phi) is 5.77. The van der Waals surface area contributed by atoms with Gasteiger partial charge in [-0.1, -0.05) is 42.8 Å². The van der Waals surface area contributed by atoms with Gasteiger partial charge in [0.05, 0.1) is 0 Å². The van der Waals surface area contributed by atoms with Gasteiger partial charge in [-0.25, -0.2) is 0 Å². The molecule has 0 spiro atoms. The zero-order chi connectivity index (χ0) is 13.5. The summed E-state index contributed by atoms with van der Waals surface area (Å²) in [5.41, 5.74) is 2.63. The summed E-state index contributed by atoms with van der Waals surface area (Å²) in [7, 11) is 0. The molecule has 0 bridgehead atoms. The van der Waals surface area contributed by atoms with Gasteiger partial charge in [-0.05, 0) is 41.9 Å². The van der Waals surface area contributed by atoms with E-state index in [9.17, 15) is 0 Å². The molecule has 19 heavy (non-hydrogen) atoms. The van der Waals surface area contributed by atoms with Crippen LogP contribution in [0.2, 0.25) is 5.02 Å². The van der Waals surface area contributed by atoms with Crippen molar-refractivity contribution in [1.29, 1.82) is 0 Å². The first-order chi connectivity index (χ1) is 9.28. The molecule has 1 nitrogen and oxygen atoms in total. The first-order valence-corrected chi connectivity index (χ1v) is 7.81. The molecule has 0 heterocycles. The highest BCUT2D eigenvalue weighted by molar-refractivity contribution is 7.98. The molecular weight excluding hydrogens is 274 g/mol. The Balaban J connectivity index is 1.93. The molecule has 0 saturated carbocycles. The van der Waals surface area contributed by atoms with Crippen molar-refractivity contribution in [1.82, 2.24) is 5.32 Å². The lowest BCUT2D eigenvalue weighted by atomic mass is 10.2. The molecule has 0 unspecified atom stereocenters. The smallest absolute Gasteiger partial charge is 0.0406 e. The third-order valence-corrected chi connectivity index (χ3v) is 4.11. The molecule has 2 aromatic rings. The summed E-state index contributed by atoms with van der Waals surface area (Å²) in [6.07, 6.45) is 0. The highest BCUT2D eigenvalue weighted by atomic mass is 35.5. The average Bonchev–Trinajstić information content (AvgIpc) is 2.45. The Morgan fingerprint density at radius 1 is 1.05 bits per heavy atom. The van der Waals surface area contributed by atoms with Crippen molar-refractivity contribution >= 4 is 23.4 Å². The van der Waals surface area contributed by atoms with Crippen LogP contribution in [0.4, 0.5) is 0 Å². The molecule has 1 N–H and O–H groups in total. The predicted octanol–water partition coefficient (Wildman–Crippen LogP) is 4.74. The highest BCUT2D eigenvalue weighted by Crippen LogP contribution is 2.24. The quantitative estimate of drug-likeness (QED) is 0.771. The van der Waals surface area contributed by atoms with Crippen molar-refractivity contribution < 1.29 is 0 Å². The van der Waals surface area contributed by atoms with Gasteiger partial charge in [-0.3, -0.25) is 0 Å². The van der Waals surface area contributed by atoms with Crippen LogP contribution < -0.4 is 5.32 Å². The summed E-state index contributed by atoms with van der Waals surface area (Å²) >= 11 is 7.74. The Morgan fingerprint density at radius 2 is 1.84 bits per heavy atom. The van der Waals surface area contributed by atoms with E-state index in [4.69, 9.17) is 11.6 Å². The number of thioether (sulfide) groups is 1. The fraction of sp³-hybridized carbons (Fsp3) is 0.250. The number of hydrogen-bond donors (Lipinski definition) is 1.